The number of hydrogen-bond acceptors (Lipinski definition) is 3. The van der Waals surface area contributed by atoms with Gasteiger partial charge in [0.15, 0.2) is 12.6 Å². The van der Waals surface area contributed by atoms with E-state index in [2.05, 4.69) is 29.1 Å². The zero-order valence-electron chi connectivity index (χ0n) is 16.6. The molecule has 1 aromatic carbocycles. The number of nitrogens with one attached hydrogen (secondary N) is 1. The number of amides is 1. The molecular weight excluding hydrogens is 455 g/mol. The highest BCUT2D eigenvalue weighted by atomic mass is 127. The molecule has 3 N–H and O–H groups in total. The monoisotopic (exact) mass is 488 g/mol. The van der Waals surface area contributed by atoms with Gasteiger partial charge < -0.3 is 20.7 Å². The number of carbonyl (C=O) groups excluding carboxylic acids is 1. The first kappa shape index (κ1) is 23.5. The molecule has 0 aliphatic carbocycles. The number of ether oxygens (including phenoxy) is 1. The van der Waals surface area contributed by atoms with Crippen LogP contribution in [0.15, 0.2) is 29.3 Å². The van der Waals surface area contributed by atoms with Crippen molar-refractivity contribution in [3.05, 3.63) is 29.8 Å². The third-order valence-electron chi connectivity index (χ3n) is 5.18. The minimum atomic E-state index is -0.477. The van der Waals surface area contributed by atoms with Gasteiger partial charge in [0.25, 0.3) is 5.91 Å². The fraction of sp³-hybridized carbons (Fsp3) is 0.600. The first-order valence-corrected chi connectivity index (χ1v) is 9.53. The molecular formula is C20H33IN4O2. The fourth-order valence-electron chi connectivity index (χ4n) is 3.73. The topological polar surface area (TPSA) is 79.9 Å². The van der Waals surface area contributed by atoms with Crippen LogP contribution in [0.4, 0.5) is 0 Å². The van der Waals surface area contributed by atoms with Crippen LogP contribution in [0.1, 0.15) is 38.7 Å². The number of hydrogen-bond donors (Lipinski definition) is 2. The quantitative estimate of drug-likeness (QED) is 0.335. The number of aliphatic imine (C=N–C) groups is 1. The Labute approximate surface area is 179 Å². The zero-order valence-corrected chi connectivity index (χ0v) is 18.9. The molecule has 1 amide bonds. The van der Waals surface area contributed by atoms with Crippen LogP contribution in [-0.4, -0.2) is 43.5 Å². The Morgan fingerprint density at radius 1 is 1.41 bits per heavy atom. The number of halogens is 1. The lowest BCUT2D eigenvalue weighted by molar-refractivity contribution is -0.119. The third kappa shape index (κ3) is 7.20. The Bertz CT molecular complexity index is 620. The highest BCUT2D eigenvalue weighted by Crippen LogP contribution is 2.28. The summed E-state index contributed by atoms with van der Waals surface area (Å²) in [5, 5.41) is 3.44. The SMILES string of the molecule is CCC(CC)C1CCN(C(=NC)NCc2cccc(OCC(N)=O)c2)C1.I. The molecule has 0 saturated carbocycles. The molecule has 0 bridgehead atoms. The summed E-state index contributed by atoms with van der Waals surface area (Å²) in [6, 6.07) is 7.67. The molecule has 7 heteroatoms. The molecule has 6 nitrogen and oxygen atoms in total. The Balaban J connectivity index is 0.00000364. The van der Waals surface area contributed by atoms with E-state index in [1.165, 1.54) is 19.3 Å². The van der Waals surface area contributed by atoms with Crippen LogP contribution < -0.4 is 15.8 Å². The number of benzene rings is 1. The van der Waals surface area contributed by atoms with Crippen molar-refractivity contribution in [2.45, 2.75) is 39.7 Å². The summed E-state index contributed by atoms with van der Waals surface area (Å²) in [6.07, 6.45) is 3.74. The van der Waals surface area contributed by atoms with Crippen molar-refractivity contribution in [1.29, 1.82) is 0 Å². The fourth-order valence-corrected chi connectivity index (χ4v) is 3.73. The van der Waals surface area contributed by atoms with Crippen LogP contribution in [0.25, 0.3) is 0 Å². The number of guanidine groups is 1. The number of carbonyl (C=O) groups is 1. The molecule has 1 atom stereocenters. The Morgan fingerprint density at radius 2 is 2.15 bits per heavy atom. The molecule has 1 aliphatic rings. The summed E-state index contributed by atoms with van der Waals surface area (Å²) in [5.41, 5.74) is 6.19. The molecule has 0 radical (unpaired) electrons. The van der Waals surface area contributed by atoms with Crippen molar-refractivity contribution in [1.82, 2.24) is 10.2 Å². The summed E-state index contributed by atoms with van der Waals surface area (Å²) < 4.78 is 5.36. The van der Waals surface area contributed by atoms with Crippen molar-refractivity contribution < 1.29 is 9.53 Å². The lowest BCUT2D eigenvalue weighted by Crippen LogP contribution is -2.40. The highest BCUT2D eigenvalue weighted by Gasteiger charge is 2.29. The standard InChI is InChI=1S/C20H32N4O2.HI/c1-4-16(5-2)17-9-10-24(13-17)20(22-3)23-12-15-7-6-8-18(11-15)26-14-19(21)25;/h6-8,11,16-17H,4-5,9-10,12-14H2,1-3H3,(H2,21,25)(H,22,23);1H. The Hall–Kier alpha value is -1.51. The average Bonchev–Trinajstić information content (AvgIpc) is 3.12. The van der Waals surface area contributed by atoms with E-state index < -0.39 is 5.91 Å². The van der Waals surface area contributed by atoms with Crippen molar-refractivity contribution in [2.75, 3.05) is 26.7 Å². The maximum absolute atomic E-state index is 10.8. The van der Waals surface area contributed by atoms with Crippen LogP contribution in [0.2, 0.25) is 0 Å². The first-order chi connectivity index (χ1) is 12.6. The number of likely N-dealkylation sites (tertiary alicyclic amines) is 1. The molecule has 1 aliphatic heterocycles. The van der Waals surface area contributed by atoms with Gasteiger partial charge in [-0.15, -0.1) is 24.0 Å². The van der Waals surface area contributed by atoms with Crippen LogP contribution in [0.3, 0.4) is 0 Å². The summed E-state index contributed by atoms with van der Waals surface area (Å²) in [7, 11) is 1.83. The summed E-state index contributed by atoms with van der Waals surface area (Å²) in [6.45, 7) is 7.26. The van der Waals surface area contributed by atoms with Gasteiger partial charge in [-0.1, -0.05) is 38.8 Å². The largest absolute Gasteiger partial charge is 0.484 e. The normalized spacial score (nSPS) is 17.0. The van der Waals surface area contributed by atoms with E-state index in [1.807, 2.05) is 31.3 Å². The summed E-state index contributed by atoms with van der Waals surface area (Å²) >= 11 is 0. The Kier molecular flexibility index (Phi) is 10.5. The number of nitrogens with zero attached hydrogens (tertiary/aromatic N) is 2. The van der Waals surface area contributed by atoms with Crippen molar-refractivity contribution in [3.8, 4) is 5.75 Å². The minimum Gasteiger partial charge on any atom is -0.484 e. The van der Waals surface area contributed by atoms with Crippen LogP contribution in [-0.2, 0) is 11.3 Å². The smallest absolute Gasteiger partial charge is 0.255 e. The van der Waals surface area contributed by atoms with E-state index in [-0.39, 0.29) is 30.6 Å². The molecule has 1 aromatic rings. The molecule has 2 rings (SSSR count). The van der Waals surface area contributed by atoms with Crippen LogP contribution in [0.5, 0.6) is 5.75 Å². The predicted molar refractivity (Wildman–Crippen MR) is 120 cm³/mol. The maximum Gasteiger partial charge on any atom is 0.255 e. The predicted octanol–water partition coefficient (Wildman–Crippen LogP) is 3.00. The van der Waals surface area contributed by atoms with Crippen molar-refractivity contribution >= 4 is 35.8 Å². The van der Waals surface area contributed by atoms with Gasteiger partial charge in [-0.2, -0.15) is 0 Å². The van der Waals surface area contributed by atoms with E-state index in [9.17, 15) is 4.79 Å². The number of rotatable bonds is 8. The van der Waals surface area contributed by atoms with E-state index in [0.29, 0.717) is 12.3 Å². The molecule has 1 saturated heterocycles. The molecule has 152 valence electrons. The highest BCUT2D eigenvalue weighted by molar-refractivity contribution is 14.0. The van der Waals surface area contributed by atoms with Gasteiger partial charge in [-0.05, 0) is 36.0 Å². The van der Waals surface area contributed by atoms with E-state index >= 15 is 0 Å². The lowest BCUT2D eigenvalue weighted by Gasteiger charge is -2.24. The minimum absolute atomic E-state index is 0. The zero-order chi connectivity index (χ0) is 18.9. The molecule has 0 spiro atoms. The van der Waals surface area contributed by atoms with Crippen molar-refractivity contribution in [3.63, 3.8) is 0 Å². The van der Waals surface area contributed by atoms with E-state index in [0.717, 1.165) is 36.4 Å². The number of primary amides is 1. The van der Waals surface area contributed by atoms with Gasteiger partial charge in [-0.3, -0.25) is 9.79 Å². The summed E-state index contributed by atoms with van der Waals surface area (Å²) in [4.78, 5) is 17.6. The first-order valence-electron chi connectivity index (χ1n) is 9.53. The van der Waals surface area contributed by atoms with Crippen molar-refractivity contribution in [2.24, 2.45) is 22.6 Å². The Morgan fingerprint density at radius 3 is 2.78 bits per heavy atom. The second kappa shape index (κ2) is 12.0. The lowest BCUT2D eigenvalue weighted by atomic mass is 9.87. The van der Waals surface area contributed by atoms with Crippen LogP contribution >= 0.6 is 24.0 Å². The van der Waals surface area contributed by atoms with Gasteiger partial charge in [-0.25, -0.2) is 0 Å². The van der Waals surface area contributed by atoms with Crippen LogP contribution in [0, 0.1) is 11.8 Å². The second-order valence-corrected chi connectivity index (χ2v) is 6.87. The van der Waals surface area contributed by atoms with Gasteiger partial charge in [0.2, 0.25) is 0 Å². The molecule has 1 heterocycles. The molecule has 1 unspecified atom stereocenters. The van der Waals surface area contributed by atoms with Gasteiger partial charge in [0.1, 0.15) is 5.75 Å². The van der Waals surface area contributed by atoms with E-state index in [4.69, 9.17) is 10.5 Å². The third-order valence-corrected chi connectivity index (χ3v) is 5.18. The number of nitrogens with two attached hydrogens (primary N) is 1. The molecule has 27 heavy (non-hydrogen) atoms. The van der Waals surface area contributed by atoms with Gasteiger partial charge in [0, 0.05) is 26.7 Å². The average molecular weight is 488 g/mol. The van der Waals surface area contributed by atoms with E-state index in [1.54, 1.807) is 0 Å². The van der Waals surface area contributed by atoms with Gasteiger partial charge in [0.05, 0.1) is 0 Å². The molecule has 1 fully saturated rings. The maximum atomic E-state index is 10.8. The second-order valence-electron chi connectivity index (χ2n) is 6.87. The summed E-state index contributed by atoms with van der Waals surface area (Å²) in [5.74, 6) is 2.68. The molecule has 0 aromatic heterocycles. The van der Waals surface area contributed by atoms with Gasteiger partial charge >= 0.3 is 0 Å².